The van der Waals surface area contributed by atoms with Crippen molar-refractivity contribution in [3.05, 3.63) is 69.2 Å². The minimum absolute atomic E-state index is 0.634. The molecule has 2 aromatic rings. The molecule has 0 atom stereocenters. The van der Waals surface area contributed by atoms with E-state index in [-0.39, 0.29) is 0 Å². The zero-order valence-electron chi connectivity index (χ0n) is 13.8. The van der Waals surface area contributed by atoms with Gasteiger partial charge in [-0.2, -0.15) is 5.10 Å². The van der Waals surface area contributed by atoms with Crippen molar-refractivity contribution in [1.82, 2.24) is 5.01 Å². The van der Waals surface area contributed by atoms with Crippen LogP contribution in [0.25, 0.3) is 0 Å². The predicted octanol–water partition coefficient (Wildman–Crippen LogP) is 3.04. The smallest absolute Gasteiger partial charge is 0.103 e. The Labute approximate surface area is 153 Å². The Balaban J connectivity index is 1.51. The highest BCUT2D eigenvalue weighted by atomic mass is 35.5. The lowest BCUT2D eigenvalue weighted by molar-refractivity contribution is -0.918. The lowest BCUT2D eigenvalue weighted by atomic mass is 10.1. The van der Waals surface area contributed by atoms with Crippen molar-refractivity contribution >= 4 is 29.4 Å². The van der Waals surface area contributed by atoms with E-state index in [9.17, 15) is 0 Å². The Kier molecular flexibility index (Phi) is 5.77. The fraction of sp³-hybridized carbons (Fsp3) is 0.316. The summed E-state index contributed by atoms with van der Waals surface area (Å²) in [6.45, 7) is 7.33. The Hall–Kier alpha value is -1.55. The summed E-state index contributed by atoms with van der Waals surface area (Å²) < 4.78 is 0. The van der Waals surface area contributed by atoms with Gasteiger partial charge in [0.1, 0.15) is 6.54 Å². The van der Waals surface area contributed by atoms with Crippen LogP contribution in [-0.4, -0.2) is 37.4 Å². The first kappa shape index (κ1) is 17.3. The molecular weight excluding hydrogens is 341 g/mol. The summed E-state index contributed by atoms with van der Waals surface area (Å²) in [5.41, 5.74) is 3.62. The van der Waals surface area contributed by atoms with Crippen LogP contribution in [0.15, 0.2) is 47.6 Å². The number of aryl methyl sites for hydroxylation is 1. The normalized spacial score (nSPS) is 16.0. The zero-order chi connectivity index (χ0) is 16.9. The van der Waals surface area contributed by atoms with E-state index >= 15 is 0 Å². The molecule has 24 heavy (non-hydrogen) atoms. The van der Waals surface area contributed by atoms with Gasteiger partial charge in [0.2, 0.25) is 0 Å². The molecule has 5 heteroatoms. The quantitative estimate of drug-likeness (QED) is 0.828. The molecule has 1 saturated heterocycles. The molecule has 0 aromatic heterocycles. The maximum Gasteiger partial charge on any atom is 0.103 e. The minimum atomic E-state index is 0.634. The van der Waals surface area contributed by atoms with Crippen LogP contribution in [0.1, 0.15) is 16.7 Å². The molecule has 0 unspecified atom stereocenters. The van der Waals surface area contributed by atoms with Gasteiger partial charge in [0.25, 0.3) is 0 Å². The molecule has 0 saturated carbocycles. The summed E-state index contributed by atoms with van der Waals surface area (Å²) in [5.74, 6) is 0. The van der Waals surface area contributed by atoms with Crippen molar-refractivity contribution < 1.29 is 4.90 Å². The molecule has 0 radical (unpaired) electrons. The molecule has 1 heterocycles. The Bertz CT molecular complexity index is 705. The predicted molar refractivity (Wildman–Crippen MR) is 101 cm³/mol. The molecule has 1 aliphatic rings. The van der Waals surface area contributed by atoms with Gasteiger partial charge in [0, 0.05) is 16.1 Å². The third-order valence-corrected chi connectivity index (χ3v) is 4.91. The van der Waals surface area contributed by atoms with Gasteiger partial charge < -0.3 is 4.90 Å². The van der Waals surface area contributed by atoms with E-state index in [2.05, 4.69) is 41.3 Å². The van der Waals surface area contributed by atoms with Gasteiger partial charge >= 0.3 is 0 Å². The number of rotatable bonds is 4. The van der Waals surface area contributed by atoms with Crippen molar-refractivity contribution in [2.45, 2.75) is 13.5 Å². The largest absolute Gasteiger partial charge is 0.328 e. The summed E-state index contributed by atoms with van der Waals surface area (Å²) in [6.07, 6.45) is 1.82. The first-order valence-corrected chi connectivity index (χ1v) is 8.99. The van der Waals surface area contributed by atoms with Crippen LogP contribution in [0.4, 0.5) is 0 Å². The highest BCUT2D eigenvalue weighted by Crippen LogP contribution is 2.19. The number of nitrogens with one attached hydrogen (secondary N) is 1. The van der Waals surface area contributed by atoms with Crippen LogP contribution < -0.4 is 4.90 Å². The van der Waals surface area contributed by atoms with Gasteiger partial charge in [-0.25, -0.2) is 0 Å². The number of benzene rings is 2. The van der Waals surface area contributed by atoms with E-state index in [1.807, 2.05) is 18.3 Å². The molecule has 0 spiro atoms. The van der Waals surface area contributed by atoms with Gasteiger partial charge in [-0.05, 0) is 19.1 Å². The average Bonchev–Trinajstić information content (AvgIpc) is 2.57. The number of quaternary nitrogens is 1. The third kappa shape index (κ3) is 4.73. The molecule has 3 nitrogen and oxygen atoms in total. The van der Waals surface area contributed by atoms with E-state index in [4.69, 9.17) is 23.2 Å². The van der Waals surface area contributed by atoms with Gasteiger partial charge in [0.15, 0.2) is 0 Å². The first-order chi connectivity index (χ1) is 11.6. The summed E-state index contributed by atoms with van der Waals surface area (Å²) in [7, 11) is 0. The van der Waals surface area contributed by atoms with E-state index in [0.29, 0.717) is 10.0 Å². The monoisotopic (exact) mass is 362 g/mol. The van der Waals surface area contributed by atoms with E-state index in [1.54, 1.807) is 11.0 Å². The maximum atomic E-state index is 6.17. The highest BCUT2D eigenvalue weighted by molar-refractivity contribution is 6.36. The average molecular weight is 363 g/mol. The van der Waals surface area contributed by atoms with Crippen molar-refractivity contribution in [2.75, 3.05) is 26.2 Å². The number of hydrogen-bond acceptors (Lipinski definition) is 2. The minimum Gasteiger partial charge on any atom is -0.328 e. The second kappa shape index (κ2) is 8.02. The number of halogens is 2. The molecule has 0 aliphatic carbocycles. The summed E-state index contributed by atoms with van der Waals surface area (Å²) in [5, 5.41) is 7.96. The molecule has 1 aliphatic heterocycles. The van der Waals surface area contributed by atoms with Gasteiger partial charge in [-0.15, -0.1) is 0 Å². The van der Waals surface area contributed by atoms with E-state index in [1.165, 1.54) is 11.1 Å². The number of nitrogens with zero attached hydrogens (tertiary/aromatic N) is 2. The van der Waals surface area contributed by atoms with Crippen LogP contribution in [-0.2, 0) is 6.54 Å². The van der Waals surface area contributed by atoms with Gasteiger partial charge in [-0.3, -0.25) is 5.01 Å². The van der Waals surface area contributed by atoms with E-state index in [0.717, 1.165) is 38.3 Å². The van der Waals surface area contributed by atoms with Gasteiger partial charge in [0.05, 0.1) is 37.4 Å². The highest BCUT2D eigenvalue weighted by Gasteiger charge is 2.18. The molecule has 1 fully saturated rings. The number of piperazine rings is 1. The lowest BCUT2D eigenvalue weighted by Gasteiger charge is -2.30. The van der Waals surface area contributed by atoms with Crippen molar-refractivity contribution in [1.29, 1.82) is 0 Å². The van der Waals surface area contributed by atoms with Crippen molar-refractivity contribution in [3.63, 3.8) is 0 Å². The van der Waals surface area contributed by atoms with Gasteiger partial charge in [-0.1, -0.05) is 59.1 Å². The lowest BCUT2D eigenvalue weighted by Crippen LogP contribution is -3.13. The Morgan fingerprint density at radius 1 is 1.08 bits per heavy atom. The van der Waals surface area contributed by atoms with Crippen LogP contribution in [0.3, 0.4) is 0 Å². The molecule has 3 rings (SSSR count). The Morgan fingerprint density at radius 2 is 1.79 bits per heavy atom. The summed E-state index contributed by atoms with van der Waals surface area (Å²) in [6, 6.07) is 14.3. The summed E-state index contributed by atoms with van der Waals surface area (Å²) >= 11 is 12.1. The molecule has 0 amide bonds. The molecule has 1 N–H and O–H groups in total. The van der Waals surface area contributed by atoms with Crippen LogP contribution in [0.2, 0.25) is 10.0 Å². The topological polar surface area (TPSA) is 20.0 Å². The maximum absolute atomic E-state index is 6.17. The van der Waals surface area contributed by atoms with Crippen LogP contribution in [0, 0.1) is 6.92 Å². The number of hydrogen-bond donors (Lipinski definition) is 1. The Morgan fingerprint density at radius 3 is 2.46 bits per heavy atom. The molecular formula is C19H22Cl2N3+. The third-order valence-electron chi connectivity index (χ3n) is 4.34. The molecule has 126 valence electrons. The SMILES string of the molecule is Cc1ccc(C[NH+]2CCN(N=Cc3ccc(Cl)cc3Cl)CC2)cc1. The zero-order valence-corrected chi connectivity index (χ0v) is 15.3. The first-order valence-electron chi connectivity index (χ1n) is 8.23. The van der Waals surface area contributed by atoms with Crippen LogP contribution >= 0.6 is 23.2 Å². The van der Waals surface area contributed by atoms with Crippen molar-refractivity contribution in [3.8, 4) is 0 Å². The fourth-order valence-corrected chi connectivity index (χ4v) is 3.31. The van der Waals surface area contributed by atoms with Crippen LogP contribution in [0.5, 0.6) is 0 Å². The molecule has 2 aromatic carbocycles. The second-order valence-corrected chi connectivity index (χ2v) is 7.12. The van der Waals surface area contributed by atoms with E-state index < -0.39 is 0 Å². The molecule has 0 bridgehead atoms. The van der Waals surface area contributed by atoms with Crippen molar-refractivity contribution in [2.24, 2.45) is 5.10 Å². The second-order valence-electron chi connectivity index (χ2n) is 6.28. The number of hydrazone groups is 1. The summed E-state index contributed by atoms with van der Waals surface area (Å²) in [4.78, 5) is 1.61. The fourth-order valence-electron chi connectivity index (χ4n) is 2.85. The standard InChI is InChI=1S/C19H21Cl2N3/c1-15-2-4-16(5-3-15)14-23-8-10-24(11-9-23)22-13-17-6-7-18(20)12-19(17)21/h2-7,12-13H,8-11,14H2,1H3/p+1.